The van der Waals surface area contributed by atoms with Crippen molar-refractivity contribution in [1.82, 2.24) is 4.57 Å². The fraction of sp³-hybridized carbons (Fsp3) is 0.692. The summed E-state index contributed by atoms with van der Waals surface area (Å²) in [4.78, 5) is 0. The van der Waals surface area contributed by atoms with Gasteiger partial charge in [0.05, 0.1) is 5.69 Å². The summed E-state index contributed by atoms with van der Waals surface area (Å²) in [7, 11) is 0. The lowest BCUT2D eigenvalue weighted by Crippen LogP contribution is -2.23. The molecule has 0 N–H and O–H groups in total. The molecule has 1 fully saturated rings. The fourth-order valence-corrected chi connectivity index (χ4v) is 2.56. The summed E-state index contributed by atoms with van der Waals surface area (Å²) in [6.07, 6.45) is 6.76. The molecule has 2 rings (SSSR count). The van der Waals surface area contributed by atoms with E-state index < -0.39 is 0 Å². The Kier molecular flexibility index (Phi) is 2.61. The van der Waals surface area contributed by atoms with Gasteiger partial charge in [-0.15, -0.1) is 0 Å². The molecule has 0 aliphatic heterocycles. The molecule has 1 aliphatic carbocycles. The van der Waals surface area contributed by atoms with Gasteiger partial charge in [-0.25, -0.2) is 4.39 Å². The van der Waals surface area contributed by atoms with Gasteiger partial charge in [-0.2, -0.15) is 0 Å². The summed E-state index contributed by atoms with van der Waals surface area (Å²) < 4.78 is 15.3. The lowest BCUT2D eigenvalue weighted by atomic mass is 9.75. The van der Waals surface area contributed by atoms with Crippen LogP contribution in [0.2, 0.25) is 0 Å². The summed E-state index contributed by atoms with van der Waals surface area (Å²) in [6.45, 7) is 6.52. The summed E-state index contributed by atoms with van der Waals surface area (Å²) in [6, 6.07) is 2.09. The third kappa shape index (κ3) is 2.09. The van der Waals surface area contributed by atoms with Gasteiger partial charge in [0, 0.05) is 12.2 Å². The molecule has 0 spiro atoms. The van der Waals surface area contributed by atoms with Crippen LogP contribution in [0.15, 0.2) is 12.3 Å². The molecule has 1 aromatic heterocycles. The molecule has 0 radical (unpaired) electrons. The maximum absolute atomic E-state index is 13.2. The molecule has 1 heterocycles. The molecule has 15 heavy (non-hydrogen) atoms. The minimum Gasteiger partial charge on any atom is -0.346 e. The number of hydrogen-bond donors (Lipinski definition) is 0. The van der Waals surface area contributed by atoms with Gasteiger partial charge in [0.15, 0.2) is 0 Å². The first-order valence-corrected chi connectivity index (χ1v) is 5.82. The van der Waals surface area contributed by atoms with Gasteiger partial charge in [-0.3, -0.25) is 0 Å². The van der Waals surface area contributed by atoms with Crippen molar-refractivity contribution in [2.75, 3.05) is 0 Å². The van der Waals surface area contributed by atoms with E-state index in [0.717, 1.165) is 5.69 Å². The highest BCUT2D eigenvalue weighted by Crippen LogP contribution is 2.40. The molecule has 1 aromatic rings. The first kappa shape index (κ1) is 10.7. The predicted molar refractivity (Wildman–Crippen MR) is 60.4 cm³/mol. The molecular formula is C13H20FN. The summed E-state index contributed by atoms with van der Waals surface area (Å²) in [5, 5.41) is 0. The Hall–Kier alpha value is -0.790. The van der Waals surface area contributed by atoms with Crippen molar-refractivity contribution in [1.29, 1.82) is 0 Å². The van der Waals surface area contributed by atoms with Crippen LogP contribution < -0.4 is 0 Å². The second-order valence-electron chi connectivity index (χ2n) is 5.55. The van der Waals surface area contributed by atoms with Gasteiger partial charge in [-0.05, 0) is 44.1 Å². The lowest BCUT2D eigenvalue weighted by Gasteiger charge is -2.35. The predicted octanol–water partition coefficient (Wildman–Crippen LogP) is 4.08. The highest BCUT2D eigenvalue weighted by atomic mass is 19.1. The lowest BCUT2D eigenvalue weighted by molar-refractivity contribution is 0.192. The Labute approximate surface area is 91.3 Å². The number of nitrogens with zero attached hydrogens (tertiary/aromatic N) is 1. The van der Waals surface area contributed by atoms with E-state index in [1.54, 1.807) is 6.07 Å². The SMILES string of the molecule is Cc1c(F)ccn1C1CCC(C)(C)CC1. The van der Waals surface area contributed by atoms with E-state index in [1.165, 1.54) is 25.7 Å². The van der Waals surface area contributed by atoms with Crippen LogP contribution in [-0.2, 0) is 0 Å². The van der Waals surface area contributed by atoms with Crippen molar-refractivity contribution in [3.8, 4) is 0 Å². The molecule has 1 saturated carbocycles. The van der Waals surface area contributed by atoms with Crippen LogP contribution >= 0.6 is 0 Å². The number of rotatable bonds is 1. The maximum Gasteiger partial charge on any atom is 0.143 e. The maximum atomic E-state index is 13.2. The Morgan fingerprint density at radius 1 is 1.33 bits per heavy atom. The molecule has 2 heteroatoms. The molecular weight excluding hydrogens is 189 g/mol. The van der Waals surface area contributed by atoms with E-state index in [1.807, 2.05) is 13.1 Å². The average Bonchev–Trinajstić information content (AvgIpc) is 2.49. The molecule has 1 nitrogen and oxygen atoms in total. The van der Waals surface area contributed by atoms with Crippen LogP contribution in [0, 0.1) is 18.2 Å². The topological polar surface area (TPSA) is 4.93 Å². The van der Waals surface area contributed by atoms with Crippen LogP contribution in [0.5, 0.6) is 0 Å². The Bertz CT molecular complexity index is 341. The number of aromatic nitrogens is 1. The summed E-state index contributed by atoms with van der Waals surface area (Å²) in [5.74, 6) is -0.0696. The number of hydrogen-bond acceptors (Lipinski definition) is 0. The molecule has 0 amide bonds. The van der Waals surface area contributed by atoms with Crippen molar-refractivity contribution in [2.45, 2.75) is 52.5 Å². The monoisotopic (exact) mass is 209 g/mol. The van der Waals surface area contributed by atoms with Crippen LogP contribution in [0.3, 0.4) is 0 Å². The average molecular weight is 209 g/mol. The standard InChI is InChI=1S/C13H20FN/c1-10-12(14)6-9-15(10)11-4-7-13(2,3)8-5-11/h6,9,11H,4-5,7-8H2,1-3H3. The summed E-state index contributed by atoms with van der Waals surface area (Å²) in [5.41, 5.74) is 1.27. The van der Waals surface area contributed by atoms with E-state index in [2.05, 4.69) is 18.4 Å². The minimum absolute atomic E-state index is 0.0696. The van der Waals surface area contributed by atoms with Crippen LogP contribution in [0.4, 0.5) is 4.39 Å². The Morgan fingerprint density at radius 3 is 2.40 bits per heavy atom. The van der Waals surface area contributed by atoms with Gasteiger partial charge in [0.1, 0.15) is 5.82 Å². The van der Waals surface area contributed by atoms with Crippen LogP contribution in [0.25, 0.3) is 0 Å². The van der Waals surface area contributed by atoms with Crippen LogP contribution in [0.1, 0.15) is 51.3 Å². The molecule has 84 valence electrons. The first-order valence-electron chi connectivity index (χ1n) is 5.82. The van der Waals surface area contributed by atoms with Gasteiger partial charge >= 0.3 is 0 Å². The van der Waals surface area contributed by atoms with Crippen molar-refractivity contribution in [2.24, 2.45) is 5.41 Å². The summed E-state index contributed by atoms with van der Waals surface area (Å²) >= 11 is 0. The highest BCUT2D eigenvalue weighted by molar-refractivity contribution is 5.10. The van der Waals surface area contributed by atoms with Crippen molar-refractivity contribution < 1.29 is 4.39 Å². The quantitative estimate of drug-likeness (QED) is 0.657. The largest absolute Gasteiger partial charge is 0.346 e. The van der Waals surface area contributed by atoms with E-state index in [0.29, 0.717) is 11.5 Å². The van der Waals surface area contributed by atoms with Crippen molar-refractivity contribution in [3.63, 3.8) is 0 Å². The molecule has 1 aliphatic rings. The van der Waals surface area contributed by atoms with Gasteiger partial charge in [0.2, 0.25) is 0 Å². The first-order chi connectivity index (χ1) is 6.99. The smallest absolute Gasteiger partial charge is 0.143 e. The zero-order chi connectivity index (χ0) is 11.1. The zero-order valence-electron chi connectivity index (χ0n) is 9.89. The molecule has 0 unspecified atom stereocenters. The second-order valence-corrected chi connectivity index (χ2v) is 5.55. The zero-order valence-corrected chi connectivity index (χ0v) is 9.89. The number of halogens is 1. The van der Waals surface area contributed by atoms with Gasteiger partial charge < -0.3 is 4.57 Å². The Morgan fingerprint density at radius 2 is 1.93 bits per heavy atom. The molecule has 0 aromatic carbocycles. The molecule has 0 saturated heterocycles. The third-order valence-corrected chi connectivity index (χ3v) is 3.82. The second kappa shape index (κ2) is 3.66. The Balaban J connectivity index is 2.11. The van der Waals surface area contributed by atoms with Crippen molar-refractivity contribution >= 4 is 0 Å². The van der Waals surface area contributed by atoms with Crippen molar-refractivity contribution in [3.05, 3.63) is 23.8 Å². The third-order valence-electron chi connectivity index (χ3n) is 3.82. The van der Waals surface area contributed by atoms with E-state index in [-0.39, 0.29) is 5.82 Å². The fourth-order valence-electron chi connectivity index (χ4n) is 2.56. The van der Waals surface area contributed by atoms with Gasteiger partial charge in [0.25, 0.3) is 0 Å². The van der Waals surface area contributed by atoms with Gasteiger partial charge in [-0.1, -0.05) is 13.8 Å². The molecule has 0 atom stereocenters. The molecule has 0 bridgehead atoms. The van der Waals surface area contributed by atoms with E-state index in [9.17, 15) is 4.39 Å². The highest BCUT2D eigenvalue weighted by Gasteiger charge is 2.28. The normalized spacial score (nSPS) is 21.9. The van der Waals surface area contributed by atoms with E-state index >= 15 is 0 Å². The van der Waals surface area contributed by atoms with E-state index in [4.69, 9.17) is 0 Å². The van der Waals surface area contributed by atoms with Crippen LogP contribution in [-0.4, -0.2) is 4.57 Å². The minimum atomic E-state index is -0.0696.